The fourth-order valence-corrected chi connectivity index (χ4v) is 1.33. The van der Waals surface area contributed by atoms with Crippen molar-refractivity contribution in [3.63, 3.8) is 0 Å². The summed E-state index contributed by atoms with van der Waals surface area (Å²) in [5, 5.41) is 2.72. The van der Waals surface area contributed by atoms with Crippen molar-refractivity contribution < 1.29 is 9.18 Å². The van der Waals surface area contributed by atoms with Crippen molar-refractivity contribution >= 4 is 11.6 Å². The smallest absolute Gasteiger partial charge is 0.255 e. The van der Waals surface area contributed by atoms with Gasteiger partial charge in [-0.2, -0.15) is 0 Å². The van der Waals surface area contributed by atoms with Crippen molar-refractivity contribution in [3.8, 4) is 0 Å². The molecule has 1 amide bonds. The van der Waals surface area contributed by atoms with E-state index < -0.39 is 0 Å². The summed E-state index contributed by atoms with van der Waals surface area (Å²) in [7, 11) is 0. The summed E-state index contributed by atoms with van der Waals surface area (Å²) in [5.41, 5.74) is 1.15. The molecule has 0 saturated carbocycles. The van der Waals surface area contributed by atoms with Gasteiger partial charge in [-0.25, -0.2) is 4.39 Å². The number of nitrogens with one attached hydrogen (secondary N) is 1. The minimum Gasteiger partial charge on any atom is -0.322 e. The van der Waals surface area contributed by atoms with E-state index in [2.05, 4.69) is 5.32 Å². The molecule has 0 fully saturated rings. The molecular formula is C13H10FNO. The average Bonchev–Trinajstić information content (AvgIpc) is 2.31. The number of hydrogen-bond acceptors (Lipinski definition) is 1. The van der Waals surface area contributed by atoms with Crippen molar-refractivity contribution in [3.05, 3.63) is 66.0 Å². The summed E-state index contributed by atoms with van der Waals surface area (Å²) < 4.78 is 12.6. The zero-order chi connectivity index (χ0) is 11.4. The van der Waals surface area contributed by atoms with E-state index >= 15 is 0 Å². The first-order valence-electron chi connectivity index (χ1n) is 4.88. The Morgan fingerprint density at radius 1 is 0.938 bits per heavy atom. The molecule has 2 nitrogen and oxygen atoms in total. The van der Waals surface area contributed by atoms with Gasteiger partial charge in [-0.3, -0.25) is 4.79 Å². The van der Waals surface area contributed by atoms with Gasteiger partial charge in [-0.05, 0) is 36.4 Å². The first-order valence-corrected chi connectivity index (χ1v) is 4.88. The number of carbonyl (C=O) groups is 1. The lowest BCUT2D eigenvalue weighted by Crippen LogP contribution is -2.11. The average molecular weight is 214 g/mol. The first kappa shape index (κ1) is 10.4. The molecule has 2 aromatic carbocycles. The Balaban J connectivity index is 2.12. The van der Waals surface area contributed by atoms with Crippen LogP contribution < -0.4 is 5.32 Å². The number of amides is 1. The molecule has 0 aliphatic heterocycles. The van der Waals surface area contributed by atoms with Gasteiger partial charge in [0, 0.05) is 11.3 Å². The standard InChI is InChI=1S/C13H10FNO/c14-11-8-6-10(7-9-11)13(16)15-12-4-2-1-3-5-12/h1-9H,(H,15,16)/i13-1. The fraction of sp³-hybridized carbons (Fsp3) is 0. The van der Waals surface area contributed by atoms with E-state index in [0.29, 0.717) is 5.56 Å². The summed E-state index contributed by atoms with van der Waals surface area (Å²) in [4.78, 5) is 11.7. The van der Waals surface area contributed by atoms with Crippen LogP contribution in [0, 0.1) is 5.82 Å². The highest BCUT2D eigenvalue weighted by Gasteiger charge is 2.05. The SMILES string of the molecule is O=[11C](Nc1ccccc1)c1ccc(F)cc1. The maximum absolute atomic E-state index is 12.6. The maximum atomic E-state index is 12.6. The molecule has 0 bridgehead atoms. The van der Waals surface area contributed by atoms with E-state index in [4.69, 9.17) is 0 Å². The van der Waals surface area contributed by atoms with Gasteiger partial charge in [0.1, 0.15) is 5.82 Å². The third-order valence-corrected chi connectivity index (χ3v) is 2.14. The van der Waals surface area contributed by atoms with Gasteiger partial charge < -0.3 is 5.32 Å². The number of para-hydroxylation sites is 1. The van der Waals surface area contributed by atoms with Crippen LogP contribution in [-0.4, -0.2) is 5.91 Å². The number of benzene rings is 2. The number of carbonyl (C=O) groups excluding carboxylic acids is 1. The normalized spacial score (nSPS) is 9.81. The Kier molecular flexibility index (Phi) is 2.96. The molecule has 80 valence electrons. The maximum Gasteiger partial charge on any atom is 0.255 e. The van der Waals surface area contributed by atoms with Crippen LogP contribution in [-0.2, 0) is 0 Å². The Hall–Kier alpha value is -2.16. The summed E-state index contributed by atoms with van der Waals surface area (Å²) in [6.45, 7) is 0. The minimum absolute atomic E-state index is 0.244. The van der Waals surface area contributed by atoms with Crippen molar-refractivity contribution in [2.75, 3.05) is 5.32 Å². The van der Waals surface area contributed by atoms with Crippen LogP contribution in [0.2, 0.25) is 0 Å². The number of anilines is 1. The highest BCUT2D eigenvalue weighted by atomic mass is 19.1. The van der Waals surface area contributed by atoms with Crippen LogP contribution >= 0.6 is 0 Å². The predicted octanol–water partition coefficient (Wildman–Crippen LogP) is 3.08. The third kappa shape index (κ3) is 2.45. The first-order chi connectivity index (χ1) is 7.75. The van der Waals surface area contributed by atoms with Gasteiger partial charge in [-0.1, -0.05) is 18.2 Å². The molecule has 0 radical (unpaired) electrons. The van der Waals surface area contributed by atoms with Crippen LogP contribution in [0.25, 0.3) is 0 Å². The highest BCUT2D eigenvalue weighted by Crippen LogP contribution is 2.09. The lowest BCUT2D eigenvalue weighted by molar-refractivity contribution is 0.102. The zero-order valence-corrected chi connectivity index (χ0v) is 8.48. The molecule has 0 aliphatic rings. The molecule has 1 N–H and O–H groups in total. The summed E-state index contributed by atoms with van der Waals surface area (Å²) in [6.07, 6.45) is 0. The Bertz CT molecular complexity index is 479. The minimum atomic E-state index is -0.351. The van der Waals surface area contributed by atoms with Gasteiger partial charge >= 0.3 is 0 Å². The lowest BCUT2D eigenvalue weighted by atomic mass is 9.88. The third-order valence-electron chi connectivity index (χ3n) is 2.14. The Labute approximate surface area is 92.7 Å². The van der Waals surface area contributed by atoms with E-state index in [1.54, 1.807) is 12.1 Å². The lowest BCUT2D eigenvalue weighted by Gasteiger charge is -2.04. The topological polar surface area (TPSA) is 29.1 Å². The zero-order valence-electron chi connectivity index (χ0n) is 8.48. The van der Waals surface area contributed by atoms with Crippen molar-refractivity contribution in [2.24, 2.45) is 0 Å². The Morgan fingerprint density at radius 3 is 2.19 bits per heavy atom. The molecule has 0 saturated heterocycles. The monoisotopic (exact) mass is 214 g/mol. The second-order valence-electron chi connectivity index (χ2n) is 3.33. The summed E-state index contributed by atoms with van der Waals surface area (Å²) in [6, 6.07) is 14.6. The molecule has 0 atom stereocenters. The molecule has 0 unspecified atom stereocenters. The Morgan fingerprint density at radius 2 is 1.56 bits per heavy atom. The van der Waals surface area contributed by atoms with E-state index in [-0.39, 0.29) is 11.7 Å². The number of halogens is 1. The van der Waals surface area contributed by atoms with Gasteiger partial charge in [0.25, 0.3) is 5.91 Å². The molecule has 0 aliphatic carbocycles. The fourth-order valence-electron chi connectivity index (χ4n) is 1.33. The van der Waals surface area contributed by atoms with Crippen LogP contribution in [0.4, 0.5) is 10.1 Å². The molecule has 2 aromatic rings. The van der Waals surface area contributed by atoms with E-state index in [0.717, 1.165) is 5.69 Å². The predicted molar refractivity (Wildman–Crippen MR) is 60.8 cm³/mol. The summed E-state index contributed by atoms with van der Waals surface area (Å²) in [5.74, 6) is -0.595. The van der Waals surface area contributed by atoms with Crippen molar-refractivity contribution in [2.45, 2.75) is 0 Å². The number of rotatable bonds is 2. The van der Waals surface area contributed by atoms with Crippen LogP contribution in [0.1, 0.15) is 10.4 Å². The summed E-state index contributed by atoms with van der Waals surface area (Å²) >= 11 is 0. The van der Waals surface area contributed by atoms with E-state index in [1.807, 2.05) is 18.2 Å². The van der Waals surface area contributed by atoms with Gasteiger partial charge in [-0.15, -0.1) is 0 Å². The van der Waals surface area contributed by atoms with E-state index in [9.17, 15) is 9.18 Å². The van der Waals surface area contributed by atoms with Crippen molar-refractivity contribution in [1.29, 1.82) is 0 Å². The molecular weight excluding hydrogens is 204 g/mol. The van der Waals surface area contributed by atoms with E-state index in [1.165, 1.54) is 24.3 Å². The number of hydrogen-bond donors (Lipinski definition) is 1. The van der Waals surface area contributed by atoms with Crippen LogP contribution in [0.15, 0.2) is 54.6 Å². The molecule has 0 spiro atoms. The van der Waals surface area contributed by atoms with Gasteiger partial charge in [0.05, 0.1) is 0 Å². The molecule has 3 heteroatoms. The molecule has 16 heavy (non-hydrogen) atoms. The van der Waals surface area contributed by atoms with Crippen LogP contribution in [0.5, 0.6) is 0 Å². The second-order valence-corrected chi connectivity index (χ2v) is 3.33. The van der Waals surface area contributed by atoms with Crippen molar-refractivity contribution in [1.82, 2.24) is 0 Å². The quantitative estimate of drug-likeness (QED) is 0.817. The molecule has 0 heterocycles. The highest BCUT2D eigenvalue weighted by molar-refractivity contribution is 6.04. The van der Waals surface area contributed by atoms with Gasteiger partial charge in [0.15, 0.2) is 0 Å². The molecule has 2 rings (SSSR count). The van der Waals surface area contributed by atoms with Gasteiger partial charge in [0.2, 0.25) is 0 Å². The molecule has 0 aromatic heterocycles. The largest absolute Gasteiger partial charge is 0.322 e. The second kappa shape index (κ2) is 4.57. The van der Waals surface area contributed by atoms with Crippen LogP contribution in [0.3, 0.4) is 0 Å².